The SMILES string of the molecule is O=C(Cc1ccccc1)Nc1ccc(C2=NC(Cc3ccccc3-c3ccccc3)C(=O)Nc3cc(Cl)ccc32)cc1. The van der Waals surface area contributed by atoms with E-state index in [4.69, 9.17) is 16.6 Å². The van der Waals surface area contributed by atoms with Crippen molar-refractivity contribution in [2.24, 2.45) is 4.99 Å². The third kappa shape index (κ3) is 6.17. The van der Waals surface area contributed by atoms with Gasteiger partial charge in [0.05, 0.1) is 17.8 Å². The number of carbonyl (C=O) groups excluding carboxylic acids is 2. The molecular formula is C36H28ClN3O2. The number of benzene rings is 5. The van der Waals surface area contributed by atoms with Gasteiger partial charge in [0.25, 0.3) is 0 Å². The molecule has 1 unspecified atom stereocenters. The van der Waals surface area contributed by atoms with E-state index in [1.165, 1.54) is 0 Å². The van der Waals surface area contributed by atoms with Gasteiger partial charge in [-0.2, -0.15) is 0 Å². The molecule has 2 amide bonds. The van der Waals surface area contributed by atoms with Crippen LogP contribution in [0.5, 0.6) is 0 Å². The molecule has 0 spiro atoms. The van der Waals surface area contributed by atoms with Crippen molar-refractivity contribution < 1.29 is 9.59 Å². The molecule has 0 saturated carbocycles. The van der Waals surface area contributed by atoms with E-state index in [0.29, 0.717) is 35.0 Å². The van der Waals surface area contributed by atoms with E-state index in [-0.39, 0.29) is 11.8 Å². The van der Waals surface area contributed by atoms with Crippen molar-refractivity contribution in [1.29, 1.82) is 0 Å². The minimum atomic E-state index is -0.665. The van der Waals surface area contributed by atoms with Crippen molar-refractivity contribution in [1.82, 2.24) is 0 Å². The first-order valence-corrected chi connectivity index (χ1v) is 14.2. The van der Waals surface area contributed by atoms with E-state index < -0.39 is 6.04 Å². The molecule has 0 fully saturated rings. The molecule has 6 rings (SSSR count). The van der Waals surface area contributed by atoms with Crippen LogP contribution in [0.1, 0.15) is 22.3 Å². The number of nitrogens with zero attached hydrogens (tertiary/aromatic N) is 1. The van der Waals surface area contributed by atoms with E-state index in [9.17, 15) is 9.59 Å². The van der Waals surface area contributed by atoms with Crippen LogP contribution in [-0.4, -0.2) is 23.6 Å². The molecule has 1 atom stereocenters. The molecule has 42 heavy (non-hydrogen) atoms. The Morgan fingerprint density at radius 3 is 2.21 bits per heavy atom. The Morgan fingerprint density at radius 2 is 1.45 bits per heavy atom. The van der Waals surface area contributed by atoms with Crippen LogP contribution >= 0.6 is 11.6 Å². The summed E-state index contributed by atoms with van der Waals surface area (Å²) in [6.07, 6.45) is 0.721. The second-order valence-electron chi connectivity index (χ2n) is 10.2. The molecule has 6 heteroatoms. The van der Waals surface area contributed by atoms with Crippen molar-refractivity contribution in [3.05, 3.63) is 155 Å². The zero-order chi connectivity index (χ0) is 28.9. The molecule has 0 saturated heterocycles. The number of hydrogen-bond acceptors (Lipinski definition) is 3. The van der Waals surface area contributed by atoms with Gasteiger partial charge >= 0.3 is 0 Å². The van der Waals surface area contributed by atoms with Gasteiger partial charge in [0.15, 0.2) is 0 Å². The van der Waals surface area contributed by atoms with Crippen LogP contribution in [0, 0.1) is 0 Å². The predicted molar refractivity (Wildman–Crippen MR) is 170 cm³/mol. The van der Waals surface area contributed by atoms with Gasteiger partial charge in [-0.15, -0.1) is 0 Å². The van der Waals surface area contributed by atoms with E-state index in [1.807, 2.05) is 97.1 Å². The average molecular weight is 570 g/mol. The third-order valence-electron chi connectivity index (χ3n) is 7.25. The highest BCUT2D eigenvalue weighted by molar-refractivity contribution is 6.31. The summed E-state index contributed by atoms with van der Waals surface area (Å²) in [6, 6.07) is 40.2. The van der Waals surface area contributed by atoms with Crippen molar-refractivity contribution in [2.45, 2.75) is 18.9 Å². The summed E-state index contributed by atoms with van der Waals surface area (Å²) in [7, 11) is 0. The Bertz CT molecular complexity index is 1770. The number of halogens is 1. The summed E-state index contributed by atoms with van der Waals surface area (Å²) in [4.78, 5) is 31.2. The van der Waals surface area contributed by atoms with E-state index in [0.717, 1.165) is 33.4 Å². The van der Waals surface area contributed by atoms with Gasteiger partial charge in [0.2, 0.25) is 11.8 Å². The van der Waals surface area contributed by atoms with Crippen LogP contribution in [0.4, 0.5) is 11.4 Å². The molecule has 2 N–H and O–H groups in total. The second-order valence-corrected chi connectivity index (χ2v) is 10.6. The van der Waals surface area contributed by atoms with Crippen LogP contribution < -0.4 is 10.6 Å². The molecule has 0 radical (unpaired) electrons. The summed E-state index contributed by atoms with van der Waals surface area (Å²) in [5, 5.41) is 6.55. The fourth-order valence-electron chi connectivity index (χ4n) is 5.20. The minimum Gasteiger partial charge on any atom is -0.326 e. The lowest BCUT2D eigenvalue weighted by Crippen LogP contribution is -2.27. The molecule has 5 nitrogen and oxygen atoms in total. The molecular weight excluding hydrogens is 542 g/mol. The summed E-state index contributed by atoms with van der Waals surface area (Å²) in [6.45, 7) is 0. The quantitative estimate of drug-likeness (QED) is 0.212. The number of amides is 2. The van der Waals surface area contributed by atoms with Gasteiger partial charge in [0.1, 0.15) is 6.04 Å². The molecule has 1 heterocycles. The first-order valence-electron chi connectivity index (χ1n) is 13.8. The third-order valence-corrected chi connectivity index (χ3v) is 7.48. The van der Waals surface area contributed by atoms with Crippen LogP contribution in [0.2, 0.25) is 5.02 Å². The second kappa shape index (κ2) is 12.2. The molecule has 0 bridgehead atoms. The first-order chi connectivity index (χ1) is 20.5. The summed E-state index contributed by atoms with van der Waals surface area (Å²) < 4.78 is 0. The van der Waals surface area contributed by atoms with Crippen molar-refractivity contribution in [3.8, 4) is 11.1 Å². The fourth-order valence-corrected chi connectivity index (χ4v) is 5.37. The van der Waals surface area contributed by atoms with Crippen molar-refractivity contribution >= 4 is 40.5 Å². The number of fused-ring (bicyclic) bond motifs is 1. The van der Waals surface area contributed by atoms with Crippen molar-refractivity contribution in [3.63, 3.8) is 0 Å². The van der Waals surface area contributed by atoms with Crippen LogP contribution in [0.3, 0.4) is 0 Å². The molecule has 5 aromatic carbocycles. The smallest absolute Gasteiger partial charge is 0.249 e. The largest absolute Gasteiger partial charge is 0.326 e. The Balaban J connectivity index is 1.31. The zero-order valence-corrected chi connectivity index (χ0v) is 23.5. The number of nitrogens with one attached hydrogen (secondary N) is 2. The lowest BCUT2D eigenvalue weighted by atomic mass is 9.95. The van der Waals surface area contributed by atoms with E-state index >= 15 is 0 Å². The number of anilines is 2. The maximum absolute atomic E-state index is 13.5. The summed E-state index contributed by atoms with van der Waals surface area (Å²) in [5.74, 6) is -0.283. The Labute approximate surface area is 249 Å². The standard InChI is InChI=1S/C36H28ClN3O2/c37-28-17-20-31-32(23-28)40-36(42)33(22-27-13-7-8-14-30(27)25-11-5-2-6-12-25)39-35(31)26-15-18-29(19-16-26)38-34(41)21-24-9-3-1-4-10-24/h1-20,23,33H,21-22H2,(H,38,41)(H,40,42). The first kappa shape index (κ1) is 27.2. The lowest BCUT2D eigenvalue weighted by Gasteiger charge is -2.15. The average Bonchev–Trinajstić information content (AvgIpc) is 3.14. The van der Waals surface area contributed by atoms with Gasteiger partial charge in [-0.25, -0.2) is 0 Å². The molecule has 1 aliphatic heterocycles. The van der Waals surface area contributed by atoms with Crippen LogP contribution in [0.25, 0.3) is 11.1 Å². The van der Waals surface area contributed by atoms with Gasteiger partial charge in [0, 0.05) is 28.3 Å². The summed E-state index contributed by atoms with van der Waals surface area (Å²) in [5.41, 5.74) is 7.75. The molecule has 5 aromatic rings. The zero-order valence-electron chi connectivity index (χ0n) is 22.8. The number of benzodiazepines with no additional fused rings is 1. The maximum atomic E-state index is 13.5. The highest BCUT2D eigenvalue weighted by atomic mass is 35.5. The van der Waals surface area contributed by atoms with Gasteiger partial charge in [-0.05, 0) is 52.6 Å². The lowest BCUT2D eigenvalue weighted by molar-refractivity contribution is -0.117. The molecule has 0 aliphatic carbocycles. The number of carbonyl (C=O) groups is 2. The van der Waals surface area contributed by atoms with E-state index in [2.05, 4.69) is 28.8 Å². The molecule has 0 aromatic heterocycles. The predicted octanol–water partition coefficient (Wildman–Crippen LogP) is 7.59. The normalized spacial score (nSPS) is 14.3. The summed E-state index contributed by atoms with van der Waals surface area (Å²) >= 11 is 6.32. The Kier molecular flexibility index (Phi) is 7.93. The minimum absolute atomic E-state index is 0.0901. The van der Waals surface area contributed by atoms with Gasteiger partial charge in [-0.1, -0.05) is 109 Å². The Morgan fingerprint density at radius 1 is 0.762 bits per heavy atom. The number of aliphatic imine (C=N–C) groups is 1. The maximum Gasteiger partial charge on any atom is 0.249 e. The van der Waals surface area contributed by atoms with Gasteiger partial charge < -0.3 is 10.6 Å². The van der Waals surface area contributed by atoms with Gasteiger partial charge in [-0.3, -0.25) is 14.6 Å². The molecule has 206 valence electrons. The van der Waals surface area contributed by atoms with E-state index in [1.54, 1.807) is 12.1 Å². The monoisotopic (exact) mass is 569 g/mol. The Hall–Kier alpha value is -5.00. The van der Waals surface area contributed by atoms with Crippen LogP contribution in [-0.2, 0) is 22.4 Å². The highest BCUT2D eigenvalue weighted by Gasteiger charge is 2.27. The fraction of sp³-hybridized carbons (Fsp3) is 0.0833. The topological polar surface area (TPSA) is 70.6 Å². The molecule has 1 aliphatic rings. The highest BCUT2D eigenvalue weighted by Crippen LogP contribution is 2.30. The van der Waals surface area contributed by atoms with Crippen LogP contribution in [0.15, 0.2) is 132 Å². The number of rotatable bonds is 7. The number of hydrogen-bond donors (Lipinski definition) is 2. The van der Waals surface area contributed by atoms with Crippen molar-refractivity contribution in [2.75, 3.05) is 10.6 Å².